The minimum atomic E-state index is -4.52. The molecule has 0 aliphatic heterocycles. The Labute approximate surface area is 134 Å². The number of nitrogens with zero attached hydrogens (tertiary/aromatic N) is 2. The predicted molar refractivity (Wildman–Crippen MR) is 82.7 cm³/mol. The third-order valence-electron chi connectivity index (χ3n) is 3.25. The standard InChI is InChI=1S/C16H13F3N2OS/c1-2-14-21-9-13(23-14)15(16(17,18)19)22-11-7-10-5-3-4-6-12(10)20-8-11/h3-9,15H,2H2,1H3. The van der Waals surface area contributed by atoms with E-state index in [-0.39, 0.29) is 10.6 Å². The van der Waals surface area contributed by atoms with E-state index in [1.165, 1.54) is 12.4 Å². The summed E-state index contributed by atoms with van der Waals surface area (Å²) in [6.45, 7) is 1.85. The van der Waals surface area contributed by atoms with Crippen LogP contribution in [-0.2, 0) is 6.42 Å². The van der Waals surface area contributed by atoms with Crippen molar-refractivity contribution in [1.82, 2.24) is 9.97 Å². The van der Waals surface area contributed by atoms with Gasteiger partial charge >= 0.3 is 6.18 Å². The summed E-state index contributed by atoms with van der Waals surface area (Å²) in [6, 6.07) is 8.74. The summed E-state index contributed by atoms with van der Waals surface area (Å²) in [5.41, 5.74) is 0.703. The quantitative estimate of drug-likeness (QED) is 0.676. The van der Waals surface area contributed by atoms with Crippen LogP contribution in [0, 0.1) is 0 Å². The van der Waals surface area contributed by atoms with Gasteiger partial charge in [0.2, 0.25) is 6.10 Å². The number of hydrogen-bond donors (Lipinski definition) is 0. The number of hydrogen-bond acceptors (Lipinski definition) is 4. The Morgan fingerprint density at radius 2 is 1.96 bits per heavy atom. The number of aryl methyl sites for hydroxylation is 1. The summed E-state index contributed by atoms with van der Waals surface area (Å²) < 4.78 is 45.3. The summed E-state index contributed by atoms with van der Waals surface area (Å²) in [7, 11) is 0. The monoisotopic (exact) mass is 338 g/mol. The Morgan fingerprint density at radius 1 is 1.17 bits per heavy atom. The minimum Gasteiger partial charge on any atom is -0.474 e. The maximum atomic E-state index is 13.4. The lowest BCUT2D eigenvalue weighted by Gasteiger charge is -2.20. The molecule has 1 aromatic carbocycles. The van der Waals surface area contributed by atoms with Crippen molar-refractivity contribution in [3.63, 3.8) is 0 Å². The number of fused-ring (bicyclic) bond motifs is 1. The van der Waals surface area contributed by atoms with Gasteiger partial charge in [-0.3, -0.25) is 4.98 Å². The van der Waals surface area contributed by atoms with E-state index in [9.17, 15) is 13.2 Å². The Hall–Kier alpha value is -2.15. The van der Waals surface area contributed by atoms with Gasteiger partial charge in [-0.1, -0.05) is 25.1 Å². The number of rotatable bonds is 4. The fourth-order valence-electron chi connectivity index (χ4n) is 2.15. The first-order valence-electron chi connectivity index (χ1n) is 7.00. The van der Waals surface area contributed by atoms with Crippen LogP contribution in [0.2, 0.25) is 0 Å². The highest BCUT2D eigenvalue weighted by molar-refractivity contribution is 7.11. The molecule has 0 aliphatic rings. The second-order valence-electron chi connectivity index (χ2n) is 4.91. The second-order valence-corrected chi connectivity index (χ2v) is 6.06. The zero-order valence-electron chi connectivity index (χ0n) is 12.2. The molecule has 0 spiro atoms. The van der Waals surface area contributed by atoms with E-state index < -0.39 is 12.3 Å². The molecule has 7 heteroatoms. The Morgan fingerprint density at radius 3 is 2.65 bits per heavy atom. The highest BCUT2D eigenvalue weighted by Gasteiger charge is 2.44. The van der Waals surface area contributed by atoms with Crippen LogP contribution in [0.15, 0.2) is 42.7 Å². The fourth-order valence-corrected chi connectivity index (χ4v) is 3.06. The Bertz CT molecular complexity index is 816. The largest absolute Gasteiger partial charge is 0.474 e. The summed E-state index contributed by atoms with van der Waals surface area (Å²) in [6.07, 6.45) is -3.43. The molecule has 1 atom stereocenters. The zero-order chi connectivity index (χ0) is 16.4. The van der Waals surface area contributed by atoms with E-state index in [0.29, 0.717) is 16.9 Å². The molecule has 0 saturated carbocycles. The van der Waals surface area contributed by atoms with Crippen molar-refractivity contribution in [2.75, 3.05) is 0 Å². The van der Waals surface area contributed by atoms with E-state index in [0.717, 1.165) is 16.7 Å². The first-order valence-corrected chi connectivity index (χ1v) is 7.82. The van der Waals surface area contributed by atoms with Gasteiger partial charge in [-0.05, 0) is 18.6 Å². The van der Waals surface area contributed by atoms with Crippen LogP contribution in [0.5, 0.6) is 5.75 Å². The zero-order valence-corrected chi connectivity index (χ0v) is 13.0. The molecule has 0 aliphatic carbocycles. The van der Waals surface area contributed by atoms with Gasteiger partial charge in [0, 0.05) is 11.6 Å². The SMILES string of the molecule is CCc1ncc(C(Oc2cnc3ccccc3c2)C(F)(F)F)s1. The molecule has 1 unspecified atom stereocenters. The maximum Gasteiger partial charge on any atom is 0.430 e. The molecule has 3 aromatic rings. The lowest BCUT2D eigenvalue weighted by atomic mass is 10.2. The van der Waals surface area contributed by atoms with Crippen LogP contribution >= 0.6 is 11.3 Å². The van der Waals surface area contributed by atoms with Gasteiger partial charge in [-0.25, -0.2) is 4.98 Å². The van der Waals surface area contributed by atoms with Crippen LogP contribution in [0.4, 0.5) is 13.2 Å². The third kappa shape index (κ3) is 3.44. The van der Waals surface area contributed by atoms with Crippen LogP contribution in [0.1, 0.15) is 22.9 Å². The van der Waals surface area contributed by atoms with E-state index >= 15 is 0 Å². The molecule has 0 bridgehead atoms. The number of ether oxygens (including phenoxy) is 1. The molecule has 0 amide bonds. The van der Waals surface area contributed by atoms with E-state index in [4.69, 9.17) is 4.74 Å². The van der Waals surface area contributed by atoms with Crippen molar-refractivity contribution in [1.29, 1.82) is 0 Å². The van der Waals surface area contributed by atoms with Gasteiger partial charge in [0.1, 0.15) is 5.75 Å². The van der Waals surface area contributed by atoms with E-state index in [2.05, 4.69) is 9.97 Å². The molecule has 0 fully saturated rings. The fraction of sp³-hybridized carbons (Fsp3) is 0.250. The Balaban J connectivity index is 1.93. The average molecular weight is 338 g/mol. The summed E-state index contributed by atoms with van der Waals surface area (Å²) in [5, 5.41) is 1.37. The first kappa shape index (κ1) is 15.7. The van der Waals surface area contributed by atoms with Crippen LogP contribution in [-0.4, -0.2) is 16.1 Å². The number of pyridine rings is 1. The van der Waals surface area contributed by atoms with Crippen molar-refractivity contribution >= 4 is 22.2 Å². The Kier molecular flexibility index (Phi) is 4.21. The van der Waals surface area contributed by atoms with Crippen LogP contribution in [0.25, 0.3) is 10.9 Å². The number of benzene rings is 1. The summed E-state index contributed by atoms with van der Waals surface area (Å²) >= 11 is 1.01. The number of aromatic nitrogens is 2. The smallest absolute Gasteiger partial charge is 0.430 e. The molecule has 2 aromatic heterocycles. The number of para-hydroxylation sites is 1. The molecule has 23 heavy (non-hydrogen) atoms. The highest BCUT2D eigenvalue weighted by Crippen LogP contribution is 2.39. The van der Waals surface area contributed by atoms with Gasteiger partial charge in [0.05, 0.1) is 21.6 Å². The molecule has 0 radical (unpaired) electrons. The highest BCUT2D eigenvalue weighted by atomic mass is 32.1. The van der Waals surface area contributed by atoms with Gasteiger partial charge in [-0.2, -0.15) is 13.2 Å². The van der Waals surface area contributed by atoms with Gasteiger partial charge in [0.25, 0.3) is 0 Å². The number of alkyl halides is 3. The van der Waals surface area contributed by atoms with Crippen molar-refractivity contribution in [3.05, 3.63) is 52.6 Å². The first-order chi connectivity index (χ1) is 11.0. The van der Waals surface area contributed by atoms with E-state index in [1.54, 1.807) is 24.3 Å². The van der Waals surface area contributed by atoms with Gasteiger partial charge in [0.15, 0.2) is 0 Å². The maximum absolute atomic E-state index is 13.4. The predicted octanol–water partition coefficient (Wildman–Crippen LogP) is 4.94. The molecular formula is C16H13F3N2OS. The summed E-state index contributed by atoms with van der Waals surface area (Å²) in [5.74, 6) is 0.0810. The number of thiazole rings is 1. The lowest BCUT2D eigenvalue weighted by molar-refractivity contribution is -0.197. The minimum absolute atomic E-state index is 0.0440. The lowest BCUT2D eigenvalue weighted by Crippen LogP contribution is -2.25. The normalized spacial score (nSPS) is 13.2. The molecule has 2 heterocycles. The van der Waals surface area contributed by atoms with Gasteiger partial charge in [-0.15, -0.1) is 11.3 Å². The van der Waals surface area contributed by atoms with Crippen molar-refractivity contribution in [3.8, 4) is 5.75 Å². The van der Waals surface area contributed by atoms with Crippen LogP contribution < -0.4 is 4.74 Å². The topological polar surface area (TPSA) is 35.0 Å². The molecule has 3 rings (SSSR count). The van der Waals surface area contributed by atoms with Crippen molar-refractivity contribution in [2.24, 2.45) is 0 Å². The second kappa shape index (κ2) is 6.16. The molecule has 0 N–H and O–H groups in total. The van der Waals surface area contributed by atoms with E-state index in [1.807, 2.05) is 13.0 Å². The van der Waals surface area contributed by atoms with Gasteiger partial charge < -0.3 is 4.74 Å². The summed E-state index contributed by atoms with van der Waals surface area (Å²) in [4.78, 5) is 8.15. The average Bonchev–Trinajstić information content (AvgIpc) is 3.00. The van der Waals surface area contributed by atoms with Crippen molar-refractivity contribution < 1.29 is 17.9 Å². The number of halogens is 3. The molecule has 3 nitrogen and oxygen atoms in total. The third-order valence-corrected chi connectivity index (χ3v) is 4.43. The van der Waals surface area contributed by atoms with Crippen LogP contribution in [0.3, 0.4) is 0 Å². The molecule has 120 valence electrons. The molecular weight excluding hydrogens is 325 g/mol. The van der Waals surface area contributed by atoms with Crippen molar-refractivity contribution in [2.45, 2.75) is 25.6 Å². The molecule has 0 saturated heterocycles.